The summed E-state index contributed by atoms with van der Waals surface area (Å²) in [5.41, 5.74) is 1.27. The van der Waals surface area contributed by atoms with Crippen LogP contribution in [-0.2, 0) is 25.9 Å². The first-order chi connectivity index (χ1) is 13.7. The Morgan fingerprint density at radius 1 is 1.21 bits per heavy atom. The second-order valence-electron chi connectivity index (χ2n) is 6.91. The Hall–Kier alpha value is -2.77. The second-order valence-corrected chi connectivity index (χ2v) is 6.91. The molecule has 2 aromatic rings. The Morgan fingerprint density at radius 3 is 2.71 bits per heavy atom. The smallest absolute Gasteiger partial charge is 0.345 e. The number of rotatable bonds is 8. The molecule has 0 radical (unpaired) electrons. The van der Waals surface area contributed by atoms with E-state index in [1.807, 2.05) is 16.7 Å². The predicted molar refractivity (Wildman–Crippen MR) is 110 cm³/mol. The molecule has 28 heavy (non-hydrogen) atoms. The van der Waals surface area contributed by atoms with Crippen LogP contribution in [0.4, 0.5) is 0 Å². The summed E-state index contributed by atoms with van der Waals surface area (Å²) in [6.07, 6.45) is 4.82. The van der Waals surface area contributed by atoms with Crippen LogP contribution in [0.25, 0.3) is 0 Å². The van der Waals surface area contributed by atoms with Crippen LogP contribution < -0.4 is 21.1 Å². The van der Waals surface area contributed by atoms with Gasteiger partial charge in [-0.1, -0.05) is 12.1 Å². The number of hydrogen-bond donors (Lipinski definition) is 2. The van der Waals surface area contributed by atoms with Crippen LogP contribution in [0.2, 0.25) is 0 Å². The average molecular weight is 387 g/mol. The van der Waals surface area contributed by atoms with Crippen molar-refractivity contribution in [3.8, 4) is 5.75 Å². The number of guanidine groups is 1. The molecule has 8 nitrogen and oxygen atoms in total. The number of hydrogen-bond acceptors (Lipinski definition) is 4. The first-order valence-electron chi connectivity index (χ1n) is 9.95. The van der Waals surface area contributed by atoms with E-state index >= 15 is 0 Å². The largest absolute Gasteiger partial charge is 0.497 e. The fraction of sp³-hybridized carbons (Fsp3) is 0.550. The van der Waals surface area contributed by atoms with Gasteiger partial charge in [-0.3, -0.25) is 9.56 Å². The molecule has 0 spiro atoms. The molecule has 0 aliphatic carbocycles. The Kier molecular flexibility index (Phi) is 7.11. The SMILES string of the molecule is CN=C(NCCCn1nc2n(c1=O)CCCC2)NCCc1ccc(OC)cc1. The normalized spacial score (nSPS) is 13.9. The number of fused-ring (bicyclic) bond motifs is 1. The Balaban J connectivity index is 1.37. The van der Waals surface area contributed by atoms with Crippen molar-refractivity contribution in [2.75, 3.05) is 27.2 Å². The highest BCUT2D eigenvalue weighted by atomic mass is 16.5. The van der Waals surface area contributed by atoms with Crippen molar-refractivity contribution in [3.05, 3.63) is 46.1 Å². The Labute approximate surface area is 165 Å². The lowest BCUT2D eigenvalue weighted by molar-refractivity contribution is 0.414. The molecule has 1 aliphatic heterocycles. The molecule has 0 saturated carbocycles. The molecule has 0 unspecified atom stereocenters. The number of aliphatic imine (C=N–C) groups is 1. The number of ether oxygens (including phenoxy) is 1. The minimum atomic E-state index is 0.0247. The number of nitrogens with one attached hydrogen (secondary N) is 2. The molecule has 0 atom stereocenters. The van der Waals surface area contributed by atoms with E-state index in [9.17, 15) is 4.79 Å². The highest BCUT2D eigenvalue weighted by molar-refractivity contribution is 5.79. The van der Waals surface area contributed by atoms with Crippen LogP contribution in [0.5, 0.6) is 5.75 Å². The van der Waals surface area contributed by atoms with Gasteiger partial charge in [-0.15, -0.1) is 0 Å². The van der Waals surface area contributed by atoms with E-state index in [1.165, 1.54) is 5.56 Å². The van der Waals surface area contributed by atoms with Crippen molar-refractivity contribution < 1.29 is 4.74 Å². The fourth-order valence-corrected chi connectivity index (χ4v) is 3.37. The van der Waals surface area contributed by atoms with Crippen molar-refractivity contribution >= 4 is 5.96 Å². The van der Waals surface area contributed by atoms with Crippen LogP contribution >= 0.6 is 0 Å². The van der Waals surface area contributed by atoms with E-state index in [0.717, 1.165) is 69.3 Å². The van der Waals surface area contributed by atoms with Crippen molar-refractivity contribution in [2.45, 2.75) is 45.2 Å². The van der Waals surface area contributed by atoms with E-state index in [2.05, 4.69) is 32.9 Å². The van der Waals surface area contributed by atoms with Crippen LogP contribution in [-0.4, -0.2) is 47.6 Å². The minimum Gasteiger partial charge on any atom is -0.497 e. The molecule has 8 heteroatoms. The zero-order valence-corrected chi connectivity index (χ0v) is 16.8. The highest BCUT2D eigenvalue weighted by Gasteiger charge is 2.16. The lowest BCUT2D eigenvalue weighted by Gasteiger charge is -2.12. The fourth-order valence-electron chi connectivity index (χ4n) is 3.37. The van der Waals surface area contributed by atoms with Crippen LogP contribution in [0.3, 0.4) is 0 Å². The van der Waals surface area contributed by atoms with Crippen molar-refractivity contribution in [2.24, 2.45) is 4.99 Å². The highest BCUT2D eigenvalue weighted by Crippen LogP contribution is 2.11. The maximum absolute atomic E-state index is 12.3. The van der Waals surface area contributed by atoms with Crippen LogP contribution in [0, 0.1) is 0 Å². The Bertz CT molecular complexity index is 837. The van der Waals surface area contributed by atoms with E-state index in [1.54, 1.807) is 18.8 Å². The molecule has 152 valence electrons. The molecule has 1 aromatic heterocycles. The van der Waals surface area contributed by atoms with E-state index in [-0.39, 0.29) is 5.69 Å². The number of benzene rings is 1. The van der Waals surface area contributed by atoms with Gasteiger partial charge in [0.1, 0.15) is 11.6 Å². The van der Waals surface area contributed by atoms with Gasteiger partial charge in [0.15, 0.2) is 5.96 Å². The molecule has 2 N–H and O–H groups in total. The van der Waals surface area contributed by atoms with Crippen LogP contribution in [0.1, 0.15) is 30.7 Å². The van der Waals surface area contributed by atoms with Gasteiger partial charge >= 0.3 is 5.69 Å². The van der Waals surface area contributed by atoms with E-state index in [4.69, 9.17) is 4.74 Å². The van der Waals surface area contributed by atoms with Crippen molar-refractivity contribution in [1.29, 1.82) is 0 Å². The third-order valence-corrected chi connectivity index (χ3v) is 4.96. The molecular formula is C20H30N6O2. The molecule has 0 bridgehead atoms. The zero-order valence-electron chi connectivity index (χ0n) is 16.8. The summed E-state index contributed by atoms with van der Waals surface area (Å²) in [6, 6.07) is 8.08. The zero-order chi connectivity index (χ0) is 19.8. The first kappa shape index (κ1) is 20.0. The summed E-state index contributed by atoms with van der Waals surface area (Å²) < 4.78 is 8.59. The van der Waals surface area contributed by atoms with Gasteiger partial charge in [0, 0.05) is 39.6 Å². The average Bonchev–Trinajstić information content (AvgIpc) is 3.06. The van der Waals surface area contributed by atoms with Gasteiger partial charge in [-0.25, -0.2) is 9.48 Å². The second kappa shape index (κ2) is 9.96. The number of methoxy groups -OCH3 is 1. The quantitative estimate of drug-likeness (QED) is 0.404. The summed E-state index contributed by atoms with van der Waals surface area (Å²) in [5.74, 6) is 2.57. The molecule has 3 rings (SSSR count). The predicted octanol–water partition coefficient (Wildman–Crippen LogP) is 1.19. The van der Waals surface area contributed by atoms with Crippen molar-refractivity contribution in [3.63, 3.8) is 0 Å². The minimum absolute atomic E-state index is 0.0247. The van der Waals surface area contributed by atoms with Crippen LogP contribution in [0.15, 0.2) is 34.1 Å². The molecule has 2 heterocycles. The maximum atomic E-state index is 12.3. The van der Waals surface area contributed by atoms with Gasteiger partial charge < -0.3 is 15.4 Å². The van der Waals surface area contributed by atoms with Gasteiger partial charge in [0.25, 0.3) is 0 Å². The summed E-state index contributed by atoms with van der Waals surface area (Å²) in [6.45, 7) is 2.95. The van der Waals surface area contributed by atoms with Gasteiger partial charge in [0.05, 0.1) is 7.11 Å². The molecular weight excluding hydrogens is 356 g/mol. The summed E-state index contributed by atoms with van der Waals surface area (Å²) in [5, 5.41) is 11.1. The standard InChI is InChI=1S/C20H30N6O2/c1-21-19(23-13-11-16-7-9-17(28-2)10-8-16)22-12-5-15-26-20(27)25-14-4-3-6-18(25)24-26/h7-10H,3-6,11-15H2,1-2H3,(H2,21,22,23). The topological polar surface area (TPSA) is 85.5 Å². The third-order valence-electron chi connectivity index (χ3n) is 4.96. The van der Waals surface area contributed by atoms with E-state index in [0.29, 0.717) is 6.54 Å². The molecule has 0 saturated heterocycles. The third kappa shape index (κ3) is 5.15. The number of aromatic nitrogens is 3. The number of nitrogens with zero attached hydrogens (tertiary/aromatic N) is 4. The lowest BCUT2D eigenvalue weighted by Crippen LogP contribution is -2.39. The molecule has 0 amide bonds. The summed E-state index contributed by atoms with van der Waals surface area (Å²) >= 11 is 0. The molecule has 1 aromatic carbocycles. The monoisotopic (exact) mass is 386 g/mol. The summed E-state index contributed by atoms with van der Waals surface area (Å²) in [7, 11) is 3.43. The number of aryl methyl sites for hydroxylation is 2. The van der Waals surface area contributed by atoms with Gasteiger partial charge in [0.2, 0.25) is 0 Å². The first-order valence-corrected chi connectivity index (χ1v) is 9.95. The van der Waals surface area contributed by atoms with Crippen molar-refractivity contribution in [1.82, 2.24) is 25.0 Å². The van der Waals surface area contributed by atoms with E-state index < -0.39 is 0 Å². The summed E-state index contributed by atoms with van der Waals surface area (Å²) in [4.78, 5) is 16.6. The maximum Gasteiger partial charge on any atom is 0.345 e. The molecule has 1 aliphatic rings. The lowest BCUT2D eigenvalue weighted by atomic mass is 10.1. The van der Waals surface area contributed by atoms with Gasteiger partial charge in [-0.2, -0.15) is 5.10 Å². The Morgan fingerprint density at radius 2 is 2.00 bits per heavy atom. The molecule has 0 fully saturated rings. The van der Waals surface area contributed by atoms with Gasteiger partial charge in [-0.05, 0) is 43.4 Å².